The van der Waals surface area contributed by atoms with Crippen molar-refractivity contribution in [2.24, 2.45) is 0 Å². The monoisotopic (exact) mass is 285 g/mol. The first kappa shape index (κ1) is 16.1. The minimum Gasteiger partial charge on any atom is -0.480 e. The van der Waals surface area contributed by atoms with E-state index < -0.39 is 17.6 Å². The number of aryl methyl sites for hydroxylation is 1. The number of amides is 1. The number of carbonyl (C=O) groups is 2. The zero-order chi connectivity index (χ0) is 15.3. The van der Waals surface area contributed by atoms with Gasteiger partial charge in [0.05, 0.1) is 0 Å². The van der Waals surface area contributed by atoms with Crippen molar-refractivity contribution in [3.05, 3.63) is 35.4 Å². The quantitative estimate of drug-likeness (QED) is 0.872. The fraction of sp³-hybridized carbons (Fsp3) is 0.429. The fourth-order valence-corrected chi connectivity index (χ4v) is 1.79. The molecular formula is C14H17F2NO3. The van der Waals surface area contributed by atoms with Gasteiger partial charge in [0, 0.05) is 12.5 Å². The topological polar surface area (TPSA) is 57.6 Å². The van der Waals surface area contributed by atoms with E-state index in [1.54, 1.807) is 13.8 Å². The van der Waals surface area contributed by atoms with Crippen molar-refractivity contribution in [1.82, 2.24) is 4.90 Å². The third-order valence-corrected chi connectivity index (χ3v) is 2.86. The van der Waals surface area contributed by atoms with Gasteiger partial charge in [-0.2, -0.15) is 0 Å². The van der Waals surface area contributed by atoms with Gasteiger partial charge in [0.2, 0.25) is 5.91 Å². The molecule has 110 valence electrons. The fourth-order valence-electron chi connectivity index (χ4n) is 1.79. The van der Waals surface area contributed by atoms with Gasteiger partial charge >= 0.3 is 5.97 Å². The van der Waals surface area contributed by atoms with Crippen LogP contribution in [-0.4, -0.2) is 34.5 Å². The van der Waals surface area contributed by atoms with Gasteiger partial charge in [-0.05, 0) is 38.0 Å². The number of rotatable bonds is 6. The molecule has 0 aliphatic heterocycles. The summed E-state index contributed by atoms with van der Waals surface area (Å²) in [6.45, 7) is 3.07. The van der Waals surface area contributed by atoms with Crippen LogP contribution in [0.2, 0.25) is 0 Å². The average molecular weight is 285 g/mol. The van der Waals surface area contributed by atoms with Gasteiger partial charge in [0.25, 0.3) is 0 Å². The van der Waals surface area contributed by atoms with Crippen LogP contribution in [0.25, 0.3) is 0 Å². The Kier molecular flexibility index (Phi) is 5.61. The molecule has 0 saturated heterocycles. The van der Waals surface area contributed by atoms with E-state index in [0.717, 1.165) is 12.1 Å². The molecule has 1 aromatic carbocycles. The van der Waals surface area contributed by atoms with E-state index in [1.807, 2.05) is 0 Å². The summed E-state index contributed by atoms with van der Waals surface area (Å²) >= 11 is 0. The molecule has 6 heteroatoms. The molecule has 0 aliphatic carbocycles. The van der Waals surface area contributed by atoms with Crippen molar-refractivity contribution in [2.75, 3.05) is 6.54 Å². The van der Waals surface area contributed by atoms with E-state index in [-0.39, 0.29) is 31.3 Å². The molecule has 0 bridgehead atoms. The molecule has 0 heterocycles. The van der Waals surface area contributed by atoms with Crippen molar-refractivity contribution in [3.8, 4) is 0 Å². The number of aliphatic carboxylic acids is 1. The lowest BCUT2D eigenvalue weighted by atomic mass is 10.1. The van der Waals surface area contributed by atoms with E-state index >= 15 is 0 Å². The van der Waals surface area contributed by atoms with Gasteiger partial charge in [-0.15, -0.1) is 0 Å². The molecule has 4 nitrogen and oxygen atoms in total. The highest BCUT2D eigenvalue weighted by atomic mass is 19.2. The molecule has 0 atom stereocenters. The highest BCUT2D eigenvalue weighted by molar-refractivity contribution is 5.81. The summed E-state index contributed by atoms with van der Waals surface area (Å²) in [7, 11) is 0. The van der Waals surface area contributed by atoms with Crippen LogP contribution in [0.15, 0.2) is 18.2 Å². The number of nitrogens with zero attached hydrogens (tertiary/aromatic N) is 1. The second-order valence-corrected chi connectivity index (χ2v) is 4.76. The van der Waals surface area contributed by atoms with Gasteiger partial charge in [-0.25, -0.2) is 8.78 Å². The van der Waals surface area contributed by atoms with Crippen molar-refractivity contribution >= 4 is 11.9 Å². The molecule has 0 aromatic heterocycles. The number of carboxylic acids is 1. The molecule has 0 spiro atoms. The predicted molar refractivity (Wildman–Crippen MR) is 69.2 cm³/mol. The third-order valence-electron chi connectivity index (χ3n) is 2.86. The van der Waals surface area contributed by atoms with E-state index in [4.69, 9.17) is 5.11 Å². The van der Waals surface area contributed by atoms with E-state index in [9.17, 15) is 18.4 Å². The number of carboxylic acid groups (broad SMARTS) is 1. The Morgan fingerprint density at radius 3 is 2.40 bits per heavy atom. The Morgan fingerprint density at radius 1 is 1.25 bits per heavy atom. The Hall–Kier alpha value is -1.98. The summed E-state index contributed by atoms with van der Waals surface area (Å²) < 4.78 is 25.8. The molecule has 20 heavy (non-hydrogen) atoms. The second kappa shape index (κ2) is 6.98. The van der Waals surface area contributed by atoms with Gasteiger partial charge in [-0.1, -0.05) is 6.07 Å². The summed E-state index contributed by atoms with van der Waals surface area (Å²) in [5.74, 6) is -3.30. The van der Waals surface area contributed by atoms with Crippen LogP contribution >= 0.6 is 0 Å². The van der Waals surface area contributed by atoms with Crippen LogP contribution in [0.5, 0.6) is 0 Å². The lowest BCUT2D eigenvalue weighted by molar-refractivity contribution is -0.145. The van der Waals surface area contributed by atoms with Gasteiger partial charge < -0.3 is 10.0 Å². The van der Waals surface area contributed by atoms with Crippen molar-refractivity contribution < 1.29 is 23.5 Å². The lowest BCUT2D eigenvalue weighted by Crippen LogP contribution is -2.40. The van der Waals surface area contributed by atoms with Crippen LogP contribution in [0.3, 0.4) is 0 Å². The van der Waals surface area contributed by atoms with E-state index in [1.165, 1.54) is 11.0 Å². The minimum atomic E-state index is -1.08. The van der Waals surface area contributed by atoms with E-state index in [0.29, 0.717) is 5.56 Å². The highest BCUT2D eigenvalue weighted by Gasteiger charge is 2.19. The molecule has 0 fully saturated rings. The number of benzene rings is 1. The Labute approximate surface area is 116 Å². The number of hydrogen-bond acceptors (Lipinski definition) is 2. The molecule has 1 rings (SSSR count). The summed E-state index contributed by atoms with van der Waals surface area (Å²) in [4.78, 5) is 23.9. The normalized spacial score (nSPS) is 10.7. The maximum atomic E-state index is 13.0. The van der Waals surface area contributed by atoms with Gasteiger partial charge in [-0.3, -0.25) is 9.59 Å². The molecule has 1 N–H and O–H groups in total. The molecule has 0 unspecified atom stereocenters. The van der Waals surface area contributed by atoms with Crippen molar-refractivity contribution in [3.63, 3.8) is 0 Å². The first-order chi connectivity index (χ1) is 9.31. The SMILES string of the molecule is CC(C)N(CC(=O)O)C(=O)CCc1ccc(F)c(F)c1. The van der Waals surface area contributed by atoms with Crippen molar-refractivity contribution in [1.29, 1.82) is 0 Å². The molecular weight excluding hydrogens is 268 g/mol. The van der Waals surface area contributed by atoms with E-state index in [2.05, 4.69) is 0 Å². The smallest absolute Gasteiger partial charge is 0.323 e. The first-order valence-electron chi connectivity index (χ1n) is 6.26. The Morgan fingerprint density at radius 2 is 1.90 bits per heavy atom. The summed E-state index contributed by atoms with van der Waals surface area (Å²) in [6, 6.07) is 3.22. The largest absolute Gasteiger partial charge is 0.480 e. The molecule has 0 radical (unpaired) electrons. The van der Waals surface area contributed by atoms with Gasteiger partial charge in [0.1, 0.15) is 6.54 Å². The zero-order valence-corrected chi connectivity index (χ0v) is 11.4. The standard InChI is InChI=1S/C14H17F2NO3/c1-9(2)17(8-14(19)20)13(18)6-4-10-3-5-11(15)12(16)7-10/h3,5,7,9H,4,6,8H2,1-2H3,(H,19,20). The molecule has 1 amide bonds. The average Bonchev–Trinajstić information content (AvgIpc) is 2.36. The minimum absolute atomic E-state index is 0.0521. The Bertz CT molecular complexity index is 503. The summed E-state index contributed by atoms with van der Waals surface area (Å²) in [6.07, 6.45) is 0.287. The summed E-state index contributed by atoms with van der Waals surface area (Å²) in [5, 5.41) is 8.75. The lowest BCUT2D eigenvalue weighted by Gasteiger charge is -2.24. The van der Waals surface area contributed by atoms with Crippen LogP contribution in [0, 0.1) is 11.6 Å². The molecule has 0 saturated carbocycles. The summed E-state index contributed by atoms with van der Waals surface area (Å²) in [5.41, 5.74) is 0.497. The maximum Gasteiger partial charge on any atom is 0.323 e. The number of hydrogen-bond donors (Lipinski definition) is 1. The third kappa shape index (κ3) is 4.60. The zero-order valence-electron chi connectivity index (χ0n) is 11.4. The predicted octanol–water partition coefficient (Wildman–Crippen LogP) is 2.22. The van der Waals surface area contributed by atoms with Crippen LogP contribution in [-0.2, 0) is 16.0 Å². The maximum absolute atomic E-state index is 13.0. The highest BCUT2D eigenvalue weighted by Crippen LogP contribution is 2.12. The molecule has 1 aromatic rings. The number of carbonyl (C=O) groups excluding carboxylic acids is 1. The number of halogens is 2. The Balaban J connectivity index is 2.64. The van der Waals surface area contributed by atoms with Crippen LogP contribution in [0.4, 0.5) is 8.78 Å². The molecule has 0 aliphatic rings. The first-order valence-corrected chi connectivity index (χ1v) is 6.26. The van der Waals surface area contributed by atoms with Crippen LogP contribution in [0.1, 0.15) is 25.8 Å². The van der Waals surface area contributed by atoms with Gasteiger partial charge in [0.15, 0.2) is 11.6 Å². The van der Waals surface area contributed by atoms with Crippen molar-refractivity contribution in [2.45, 2.75) is 32.7 Å². The second-order valence-electron chi connectivity index (χ2n) is 4.76. The van der Waals surface area contributed by atoms with Crippen LogP contribution < -0.4 is 0 Å².